The number of hydrogen-bond acceptors (Lipinski definition) is 4. The number of rotatable bonds is 6. The van der Waals surface area contributed by atoms with Gasteiger partial charge in [-0.25, -0.2) is 0 Å². The summed E-state index contributed by atoms with van der Waals surface area (Å²) < 4.78 is 0. The molecule has 1 N–H and O–H groups in total. The van der Waals surface area contributed by atoms with Gasteiger partial charge in [0.05, 0.1) is 11.3 Å². The van der Waals surface area contributed by atoms with E-state index in [1.807, 2.05) is 23.1 Å². The predicted molar refractivity (Wildman–Crippen MR) is 121 cm³/mol. The van der Waals surface area contributed by atoms with E-state index in [1.165, 1.54) is 0 Å². The lowest BCUT2D eigenvalue weighted by molar-refractivity contribution is -0.117. The minimum Gasteiger partial charge on any atom is -0.371 e. The normalized spacial score (nSPS) is 21.0. The Balaban J connectivity index is 1.53. The number of hydrogen-bond donors (Lipinski definition) is 1. The first-order chi connectivity index (χ1) is 14.5. The van der Waals surface area contributed by atoms with Crippen LogP contribution in [-0.2, 0) is 4.79 Å². The molecule has 0 unspecified atom stereocenters. The minimum atomic E-state index is 0.110. The number of benzene rings is 1. The smallest absolute Gasteiger partial charge is 0.256 e. The first-order valence-electron chi connectivity index (χ1n) is 11.8. The standard InChI is InChI=1S/C24H36N4O2/c1-3-10-26-13-15-28(16-14-26)24(30)21-7-6-20(25-23(29)19-4-5-19)17-22(21)27-11-8-18(2)9-12-27/h6-7,17-19H,3-5,8-16H2,1-2H3,(H,25,29). The summed E-state index contributed by atoms with van der Waals surface area (Å²) in [6, 6.07) is 5.85. The molecule has 1 saturated carbocycles. The van der Waals surface area contributed by atoms with Crippen LogP contribution in [0.5, 0.6) is 0 Å². The molecule has 1 aromatic rings. The Morgan fingerprint density at radius 3 is 2.33 bits per heavy atom. The van der Waals surface area contributed by atoms with Crippen LogP contribution in [0.2, 0.25) is 0 Å². The Bertz CT molecular complexity index is 760. The fourth-order valence-corrected chi connectivity index (χ4v) is 4.55. The minimum absolute atomic E-state index is 0.110. The van der Waals surface area contributed by atoms with Crippen molar-refractivity contribution >= 4 is 23.2 Å². The monoisotopic (exact) mass is 412 g/mol. The van der Waals surface area contributed by atoms with Crippen molar-refractivity contribution < 1.29 is 9.59 Å². The summed E-state index contributed by atoms with van der Waals surface area (Å²) in [5.41, 5.74) is 2.57. The lowest BCUT2D eigenvalue weighted by atomic mass is 9.97. The molecule has 6 heteroatoms. The molecule has 0 radical (unpaired) electrons. The number of carbonyl (C=O) groups is 2. The van der Waals surface area contributed by atoms with Gasteiger partial charge in [-0.1, -0.05) is 13.8 Å². The molecule has 30 heavy (non-hydrogen) atoms. The van der Waals surface area contributed by atoms with Crippen molar-refractivity contribution in [1.29, 1.82) is 0 Å². The van der Waals surface area contributed by atoms with Crippen LogP contribution < -0.4 is 10.2 Å². The Hall–Kier alpha value is -2.08. The molecule has 2 aliphatic heterocycles. The van der Waals surface area contributed by atoms with Crippen LogP contribution in [-0.4, -0.2) is 67.4 Å². The van der Waals surface area contributed by atoms with Crippen LogP contribution in [0, 0.1) is 11.8 Å². The highest BCUT2D eigenvalue weighted by Gasteiger charge is 2.30. The Morgan fingerprint density at radius 1 is 1.00 bits per heavy atom. The van der Waals surface area contributed by atoms with Crippen molar-refractivity contribution in [1.82, 2.24) is 9.80 Å². The number of nitrogens with zero attached hydrogens (tertiary/aromatic N) is 3. The van der Waals surface area contributed by atoms with Gasteiger partial charge in [0.2, 0.25) is 5.91 Å². The number of piperidine rings is 1. The van der Waals surface area contributed by atoms with Gasteiger partial charge in [-0.3, -0.25) is 14.5 Å². The van der Waals surface area contributed by atoms with Gasteiger partial charge >= 0.3 is 0 Å². The Labute approximate surface area is 180 Å². The van der Waals surface area contributed by atoms with E-state index in [1.54, 1.807) is 0 Å². The number of piperazine rings is 1. The summed E-state index contributed by atoms with van der Waals surface area (Å²) in [5, 5.41) is 3.06. The van der Waals surface area contributed by atoms with Crippen molar-refractivity contribution in [2.24, 2.45) is 11.8 Å². The van der Waals surface area contributed by atoms with E-state index in [9.17, 15) is 9.59 Å². The van der Waals surface area contributed by atoms with E-state index >= 15 is 0 Å². The predicted octanol–water partition coefficient (Wildman–Crippen LogP) is 3.44. The van der Waals surface area contributed by atoms with Crippen LogP contribution in [0.25, 0.3) is 0 Å². The van der Waals surface area contributed by atoms with E-state index in [0.717, 1.165) is 101 Å². The zero-order chi connectivity index (χ0) is 21.1. The second kappa shape index (κ2) is 9.38. The second-order valence-corrected chi connectivity index (χ2v) is 9.30. The summed E-state index contributed by atoms with van der Waals surface area (Å²) in [7, 11) is 0. The maximum Gasteiger partial charge on any atom is 0.256 e. The van der Waals surface area contributed by atoms with E-state index in [4.69, 9.17) is 0 Å². The molecule has 3 fully saturated rings. The van der Waals surface area contributed by atoms with Crippen LogP contribution in [0.1, 0.15) is 56.3 Å². The number of anilines is 2. The molecular weight excluding hydrogens is 376 g/mol. The maximum atomic E-state index is 13.4. The number of amides is 2. The summed E-state index contributed by atoms with van der Waals surface area (Å²) in [5.74, 6) is 1.13. The molecule has 1 aromatic carbocycles. The highest BCUT2D eigenvalue weighted by Crippen LogP contribution is 2.33. The van der Waals surface area contributed by atoms with Gasteiger partial charge in [-0.2, -0.15) is 0 Å². The maximum absolute atomic E-state index is 13.4. The van der Waals surface area contributed by atoms with Crippen molar-refractivity contribution in [3.05, 3.63) is 23.8 Å². The third-order valence-corrected chi connectivity index (χ3v) is 6.77. The average molecular weight is 413 g/mol. The molecule has 2 saturated heterocycles. The second-order valence-electron chi connectivity index (χ2n) is 9.30. The molecule has 0 spiro atoms. The molecule has 0 atom stereocenters. The van der Waals surface area contributed by atoms with Crippen LogP contribution in [0.3, 0.4) is 0 Å². The third-order valence-electron chi connectivity index (χ3n) is 6.77. The van der Waals surface area contributed by atoms with Crippen LogP contribution >= 0.6 is 0 Å². The summed E-state index contributed by atoms with van der Waals surface area (Å²) in [6.45, 7) is 11.0. The highest BCUT2D eigenvalue weighted by atomic mass is 16.2. The van der Waals surface area contributed by atoms with E-state index in [2.05, 4.69) is 29.0 Å². The van der Waals surface area contributed by atoms with Gasteiger partial charge in [-0.05, 0) is 62.8 Å². The number of carbonyl (C=O) groups excluding carboxylic acids is 2. The SMILES string of the molecule is CCCN1CCN(C(=O)c2ccc(NC(=O)C3CC3)cc2N2CCC(C)CC2)CC1. The molecule has 2 heterocycles. The van der Waals surface area contributed by atoms with Gasteiger partial charge in [0.25, 0.3) is 5.91 Å². The van der Waals surface area contributed by atoms with Crippen LogP contribution in [0.4, 0.5) is 11.4 Å². The van der Waals surface area contributed by atoms with Crippen LogP contribution in [0.15, 0.2) is 18.2 Å². The highest BCUT2D eigenvalue weighted by molar-refractivity contribution is 6.02. The van der Waals surface area contributed by atoms with E-state index < -0.39 is 0 Å². The molecule has 6 nitrogen and oxygen atoms in total. The molecule has 1 aliphatic carbocycles. The first kappa shape index (κ1) is 21.2. The molecule has 4 rings (SSSR count). The molecule has 3 aliphatic rings. The zero-order valence-corrected chi connectivity index (χ0v) is 18.5. The van der Waals surface area contributed by atoms with Crippen molar-refractivity contribution in [3.8, 4) is 0 Å². The Morgan fingerprint density at radius 2 is 1.70 bits per heavy atom. The molecule has 2 amide bonds. The van der Waals surface area contributed by atoms with Gasteiger partial charge in [0.1, 0.15) is 0 Å². The number of nitrogens with one attached hydrogen (secondary N) is 1. The molecule has 0 bridgehead atoms. The van der Waals surface area contributed by atoms with Gasteiger partial charge in [0, 0.05) is 50.9 Å². The molecular formula is C24H36N4O2. The fraction of sp³-hybridized carbons (Fsp3) is 0.667. The van der Waals surface area contributed by atoms with E-state index in [-0.39, 0.29) is 17.7 Å². The summed E-state index contributed by atoms with van der Waals surface area (Å²) in [4.78, 5) is 32.5. The largest absolute Gasteiger partial charge is 0.371 e. The van der Waals surface area contributed by atoms with Crippen molar-refractivity contribution in [2.75, 3.05) is 56.0 Å². The van der Waals surface area contributed by atoms with Crippen molar-refractivity contribution in [3.63, 3.8) is 0 Å². The quantitative estimate of drug-likeness (QED) is 0.778. The molecule has 0 aromatic heterocycles. The van der Waals surface area contributed by atoms with Gasteiger partial charge in [-0.15, -0.1) is 0 Å². The fourth-order valence-electron chi connectivity index (χ4n) is 4.55. The topological polar surface area (TPSA) is 55.9 Å². The average Bonchev–Trinajstić information content (AvgIpc) is 3.60. The Kier molecular flexibility index (Phi) is 6.61. The summed E-state index contributed by atoms with van der Waals surface area (Å²) in [6.07, 6.45) is 5.41. The lowest BCUT2D eigenvalue weighted by Crippen LogP contribution is -2.49. The third kappa shape index (κ3) is 4.97. The molecule has 164 valence electrons. The first-order valence-corrected chi connectivity index (χ1v) is 11.8. The lowest BCUT2D eigenvalue weighted by Gasteiger charge is -2.37. The summed E-state index contributed by atoms with van der Waals surface area (Å²) >= 11 is 0. The van der Waals surface area contributed by atoms with Crippen molar-refractivity contribution in [2.45, 2.75) is 46.0 Å². The van der Waals surface area contributed by atoms with Gasteiger partial charge in [0.15, 0.2) is 0 Å². The van der Waals surface area contributed by atoms with E-state index in [0.29, 0.717) is 0 Å². The van der Waals surface area contributed by atoms with Gasteiger partial charge < -0.3 is 15.1 Å². The zero-order valence-electron chi connectivity index (χ0n) is 18.5.